The normalized spacial score (nSPS) is 14.6. The predicted molar refractivity (Wildman–Crippen MR) is 146 cm³/mol. The van der Waals surface area contributed by atoms with E-state index in [0.717, 1.165) is 5.56 Å². The average Bonchev–Trinajstić information content (AvgIpc) is 3.24. The summed E-state index contributed by atoms with van der Waals surface area (Å²) in [4.78, 5) is 12.5. The van der Waals surface area contributed by atoms with Crippen LogP contribution in [-0.2, 0) is 13.0 Å². The molecule has 42 heavy (non-hydrogen) atoms. The van der Waals surface area contributed by atoms with E-state index < -0.39 is 30.3 Å². The Balaban J connectivity index is 1.85. The van der Waals surface area contributed by atoms with Crippen molar-refractivity contribution in [3.8, 4) is 22.7 Å². The number of hydrogen-bond acceptors (Lipinski definition) is 4. The first-order valence-electron chi connectivity index (χ1n) is 13.4. The molecular formula is C29H33F6N5O2. The van der Waals surface area contributed by atoms with Crippen LogP contribution < -0.4 is 15.8 Å². The van der Waals surface area contributed by atoms with E-state index in [1.807, 2.05) is 32.9 Å². The summed E-state index contributed by atoms with van der Waals surface area (Å²) in [7, 11) is 0. The van der Waals surface area contributed by atoms with E-state index in [-0.39, 0.29) is 32.4 Å². The Kier molecular flexibility index (Phi) is 8.55. The molecule has 0 radical (unpaired) electrons. The maximum Gasteiger partial charge on any atom is 0.404 e. The molecule has 0 saturated carbocycles. The molecule has 0 aliphatic carbocycles. The number of aryl methyl sites for hydroxylation is 1. The summed E-state index contributed by atoms with van der Waals surface area (Å²) in [6, 6.07) is 11.3. The van der Waals surface area contributed by atoms with Crippen LogP contribution >= 0.6 is 0 Å². The van der Waals surface area contributed by atoms with Gasteiger partial charge in [0.05, 0.1) is 18.0 Å². The van der Waals surface area contributed by atoms with E-state index >= 15 is 0 Å². The maximum absolute atomic E-state index is 13.8. The van der Waals surface area contributed by atoms with Crippen LogP contribution in [0.4, 0.5) is 36.8 Å². The van der Waals surface area contributed by atoms with Crippen molar-refractivity contribution in [1.29, 1.82) is 0 Å². The Labute approximate surface area is 239 Å². The third-order valence-corrected chi connectivity index (χ3v) is 7.31. The minimum Gasteiger partial charge on any atom is -0.491 e. The maximum atomic E-state index is 13.8. The smallest absolute Gasteiger partial charge is 0.404 e. The number of benzene rings is 2. The van der Waals surface area contributed by atoms with Gasteiger partial charge in [0.2, 0.25) is 0 Å². The summed E-state index contributed by atoms with van der Waals surface area (Å²) in [6.07, 6.45) is -10.8. The standard InChI is InChI=1S/C29H33F6N5O2/c1-17(2)15-42-23-7-5-6-18(3)24(23)40-25(19-8-10-20(11-9-19)37-26(36)41)21-14-39(13-12-22(21)38-40)16-27(4,28(30,31)32)29(33,34)35/h5-11,17H,12-16H2,1-4H3,(H3,36,37,41). The highest BCUT2D eigenvalue weighted by Gasteiger charge is 2.67. The molecule has 228 valence electrons. The summed E-state index contributed by atoms with van der Waals surface area (Å²) in [6.45, 7) is 5.02. The van der Waals surface area contributed by atoms with Crippen molar-refractivity contribution in [3.63, 3.8) is 0 Å². The zero-order valence-electron chi connectivity index (χ0n) is 23.7. The summed E-state index contributed by atoms with van der Waals surface area (Å²) in [5, 5.41) is 7.29. The van der Waals surface area contributed by atoms with Gasteiger partial charge in [0.25, 0.3) is 0 Å². The molecule has 4 rings (SSSR count). The second-order valence-corrected chi connectivity index (χ2v) is 11.2. The molecule has 0 saturated heterocycles. The molecule has 0 spiro atoms. The van der Waals surface area contributed by atoms with Gasteiger partial charge in [0.15, 0.2) is 5.41 Å². The van der Waals surface area contributed by atoms with Gasteiger partial charge in [-0.2, -0.15) is 31.4 Å². The summed E-state index contributed by atoms with van der Waals surface area (Å²) in [5.74, 6) is 0.759. The number of amides is 2. The molecule has 0 fully saturated rings. The molecule has 2 amide bonds. The van der Waals surface area contributed by atoms with Gasteiger partial charge in [-0.3, -0.25) is 4.90 Å². The molecule has 0 unspecified atom stereocenters. The lowest BCUT2D eigenvalue weighted by Crippen LogP contribution is -2.55. The monoisotopic (exact) mass is 597 g/mol. The fourth-order valence-electron chi connectivity index (χ4n) is 4.94. The van der Waals surface area contributed by atoms with Crippen molar-refractivity contribution in [1.82, 2.24) is 14.7 Å². The Morgan fingerprint density at radius 3 is 2.29 bits per heavy atom. The van der Waals surface area contributed by atoms with Gasteiger partial charge in [0, 0.05) is 42.9 Å². The quantitative estimate of drug-likeness (QED) is 0.278. The number of alkyl halides is 6. The minimum absolute atomic E-state index is 0.0306. The predicted octanol–water partition coefficient (Wildman–Crippen LogP) is 6.86. The number of aromatic nitrogens is 2. The van der Waals surface area contributed by atoms with Crippen molar-refractivity contribution < 1.29 is 35.9 Å². The molecular weight excluding hydrogens is 564 g/mol. The van der Waals surface area contributed by atoms with E-state index in [0.29, 0.717) is 46.2 Å². The molecule has 1 aliphatic rings. The van der Waals surface area contributed by atoms with Gasteiger partial charge in [-0.05, 0) is 43.5 Å². The van der Waals surface area contributed by atoms with Crippen LogP contribution in [0, 0.1) is 18.3 Å². The van der Waals surface area contributed by atoms with Crippen molar-refractivity contribution in [2.45, 2.75) is 53.0 Å². The molecule has 2 aromatic carbocycles. The highest BCUT2D eigenvalue weighted by Crippen LogP contribution is 2.51. The number of anilines is 1. The number of fused-ring (bicyclic) bond motifs is 1. The lowest BCUT2D eigenvalue weighted by atomic mass is 9.87. The van der Waals surface area contributed by atoms with Crippen molar-refractivity contribution in [2.24, 2.45) is 17.1 Å². The van der Waals surface area contributed by atoms with Crippen LogP contribution in [0.1, 0.15) is 37.6 Å². The van der Waals surface area contributed by atoms with Gasteiger partial charge in [0.1, 0.15) is 11.4 Å². The Hall–Kier alpha value is -3.74. The number of urea groups is 1. The minimum atomic E-state index is -5.49. The second kappa shape index (κ2) is 11.5. The largest absolute Gasteiger partial charge is 0.491 e. The molecule has 3 aromatic rings. The Morgan fingerprint density at radius 1 is 1.07 bits per heavy atom. The lowest BCUT2D eigenvalue weighted by molar-refractivity contribution is -0.338. The molecule has 3 N–H and O–H groups in total. The Bertz CT molecular complexity index is 1420. The van der Waals surface area contributed by atoms with Gasteiger partial charge < -0.3 is 15.8 Å². The number of ether oxygens (including phenoxy) is 1. The topological polar surface area (TPSA) is 85.4 Å². The summed E-state index contributed by atoms with van der Waals surface area (Å²) in [5.41, 5.74) is 5.32. The number of nitrogens with one attached hydrogen (secondary N) is 1. The van der Waals surface area contributed by atoms with Crippen LogP contribution in [0.2, 0.25) is 0 Å². The van der Waals surface area contributed by atoms with E-state index in [1.54, 1.807) is 35.0 Å². The zero-order chi connectivity index (χ0) is 31.0. The van der Waals surface area contributed by atoms with Gasteiger partial charge in [-0.25, -0.2) is 9.48 Å². The van der Waals surface area contributed by atoms with E-state index in [1.165, 1.54) is 4.90 Å². The van der Waals surface area contributed by atoms with E-state index in [9.17, 15) is 31.1 Å². The van der Waals surface area contributed by atoms with E-state index in [4.69, 9.17) is 15.6 Å². The van der Waals surface area contributed by atoms with Crippen LogP contribution in [-0.4, -0.2) is 52.8 Å². The number of carbonyl (C=O) groups excluding carboxylic acids is 1. The van der Waals surface area contributed by atoms with Gasteiger partial charge in [-0.1, -0.05) is 38.1 Å². The number of primary amides is 1. The highest BCUT2D eigenvalue weighted by molar-refractivity contribution is 5.88. The van der Waals surface area contributed by atoms with Crippen molar-refractivity contribution in [3.05, 3.63) is 59.3 Å². The SMILES string of the molecule is Cc1cccc(OCC(C)C)c1-n1nc2c(c1-c1ccc(NC(N)=O)cc1)CN(CC(C)(C(F)(F)F)C(F)(F)F)CC2. The summed E-state index contributed by atoms with van der Waals surface area (Å²) >= 11 is 0. The average molecular weight is 598 g/mol. The lowest BCUT2D eigenvalue weighted by Gasteiger charge is -2.39. The number of nitrogens with zero attached hydrogens (tertiary/aromatic N) is 3. The number of para-hydroxylation sites is 1. The van der Waals surface area contributed by atoms with Crippen molar-refractivity contribution >= 4 is 11.7 Å². The van der Waals surface area contributed by atoms with Crippen LogP contribution in [0.25, 0.3) is 16.9 Å². The first-order chi connectivity index (χ1) is 19.5. The molecule has 13 heteroatoms. The number of hydrogen-bond donors (Lipinski definition) is 2. The molecule has 2 heterocycles. The number of carbonyl (C=O) groups is 1. The first-order valence-corrected chi connectivity index (χ1v) is 13.4. The molecule has 7 nitrogen and oxygen atoms in total. The fourth-order valence-corrected chi connectivity index (χ4v) is 4.94. The molecule has 1 aliphatic heterocycles. The van der Waals surface area contributed by atoms with Crippen molar-refractivity contribution in [2.75, 3.05) is 25.0 Å². The fraction of sp³-hybridized carbons (Fsp3) is 0.448. The second-order valence-electron chi connectivity index (χ2n) is 11.2. The third-order valence-electron chi connectivity index (χ3n) is 7.31. The molecule has 0 atom stereocenters. The van der Waals surface area contributed by atoms with Crippen LogP contribution in [0.5, 0.6) is 5.75 Å². The first kappa shape index (κ1) is 31.2. The number of rotatable bonds is 8. The number of halogens is 6. The van der Waals surface area contributed by atoms with Gasteiger partial charge in [-0.15, -0.1) is 0 Å². The Morgan fingerprint density at radius 2 is 1.71 bits per heavy atom. The number of nitrogens with two attached hydrogens (primary N) is 1. The summed E-state index contributed by atoms with van der Waals surface area (Å²) < 4.78 is 90.3. The van der Waals surface area contributed by atoms with Crippen LogP contribution in [0.3, 0.4) is 0 Å². The van der Waals surface area contributed by atoms with Gasteiger partial charge >= 0.3 is 18.4 Å². The zero-order valence-corrected chi connectivity index (χ0v) is 23.7. The van der Waals surface area contributed by atoms with Crippen LogP contribution in [0.15, 0.2) is 42.5 Å². The molecule has 0 bridgehead atoms. The van der Waals surface area contributed by atoms with E-state index in [2.05, 4.69) is 5.32 Å². The highest BCUT2D eigenvalue weighted by atomic mass is 19.4. The third kappa shape index (κ3) is 6.20. The molecule has 1 aromatic heterocycles.